The molecule has 2 heteroatoms. The molecule has 0 radical (unpaired) electrons. The van der Waals surface area contributed by atoms with Gasteiger partial charge in [-0.2, -0.15) is 0 Å². The first kappa shape index (κ1) is 24.4. The molecular weight excluding hydrogens is 428 g/mol. The first-order valence-corrected chi connectivity index (χ1v) is 15.9. The van der Waals surface area contributed by atoms with E-state index in [1.807, 2.05) is 0 Å². The van der Waals surface area contributed by atoms with Crippen LogP contribution in [0.1, 0.15) is 128 Å². The molecule has 0 aromatic carbocycles. The maximum absolute atomic E-state index is 13.1. The Morgan fingerprint density at radius 3 is 1.66 bits per heavy atom. The molecule has 0 N–H and O–H groups in total. The number of fused-ring (bicyclic) bond motifs is 3. The first-order valence-electron chi connectivity index (χ1n) is 15.9. The van der Waals surface area contributed by atoms with Gasteiger partial charge in [-0.25, -0.2) is 0 Å². The molecule has 0 heterocycles. The van der Waals surface area contributed by atoms with Crippen molar-refractivity contribution in [2.45, 2.75) is 135 Å². The highest BCUT2D eigenvalue weighted by Crippen LogP contribution is 2.47. The number of carbonyl (C=O) groups excluding carboxylic acids is 1. The molecule has 2 nitrogen and oxygen atoms in total. The predicted octanol–water partition coefficient (Wildman–Crippen LogP) is 8.33. The summed E-state index contributed by atoms with van der Waals surface area (Å²) in [7, 11) is 0. The second-order valence-electron chi connectivity index (χ2n) is 13.8. The second-order valence-corrected chi connectivity index (χ2v) is 13.8. The van der Waals surface area contributed by atoms with Gasteiger partial charge in [0.05, 0.1) is 5.92 Å². The molecule has 6 aliphatic rings. The summed E-state index contributed by atoms with van der Waals surface area (Å²) in [6.45, 7) is 0. The molecule has 0 aromatic heterocycles. The Balaban J connectivity index is 0.952. The molecule has 0 aliphatic heterocycles. The van der Waals surface area contributed by atoms with E-state index in [1.54, 1.807) is 0 Å². The van der Waals surface area contributed by atoms with Crippen LogP contribution in [0, 0.1) is 65.1 Å². The molecule has 10 unspecified atom stereocenters. The van der Waals surface area contributed by atoms with E-state index in [0.717, 1.165) is 61.2 Å². The summed E-state index contributed by atoms with van der Waals surface area (Å²) in [4.78, 5) is 13.1. The van der Waals surface area contributed by atoms with Crippen LogP contribution in [0.5, 0.6) is 0 Å². The summed E-state index contributed by atoms with van der Waals surface area (Å²) in [5, 5.41) is 0. The van der Waals surface area contributed by atoms with Gasteiger partial charge in [-0.3, -0.25) is 4.79 Å². The van der Waals surface area contributed by atoms with Crippen LogP contribution in [0.2, 0.25) is 0 Å². The minimum Gasteiger partial charge on any atom is -0.462 e. The van der Waals surface area contributed by atoms with Crippen molar-refractivity contribution in [3.63, 3.8) is 0 Å². The van der Waals surface area contributed by atoms with Gasteiger partial charge in [-0.1, -0.05) is 63.2 Å². The highest BCUT2D eigenvalue weighted by atomic mass is 16.5. The van der Waals surface area contributed by atoms with E-state index in [9.17, 15) is 4.79 Å². The summed E-state index contributed by atoms with van der Waals surface area (Å²) in [5.41, 5.74) is 0. The van der Waals surface area contributed by atoms with Gasteiger partial charge in [-0.05, 0) is 113 Å². The predicted molar refractivity (Wildman–Crippen MR) is 141 cm³/mol. The number of hydrogen-bond acceptors (Lipinski definition) is 2. The Morgan fingerprint density at radius 1 is 0.486 bits per heavy atom. The van der Waals surface area contributed by atoms with E-state index in [-0.39, 0.29) is 18.0 Å². The molecular formula is C33H50O2. The quantitative estimate of drug-likeness (QED) is 0.294. The zero-order valence-electron chi connectivity index (χ0n) is 22.2. The highest BCUT2D eigenvalue weighted by Gasteiger charge is 2.40. The normalized spacial score (nSPS) is 45.6. The van der Waals surface area contributed by atoms with Gasteiger partial charge in [0.15, 0.2) is 0 Å². The van der Waals surface area contributed by atoms with Crippen LogP contribution in [0.25, 0.3) is 0 Å². The van der Waals surface area contributed by atoms with Crippen molar-refractivity contribution in [3.8, 4) is 11.8 Å². The Bertz CT molecular complexity index is 791. The van der Waals surface area contributed by atoms with Crippen LogP contribution in [0.4, 0.5) is 0 Å². The van der Waals surface area contributed by atoms with Crippen LogP contribution in [0.15, 0.2) is 0 Å². The minimum absolute atomic E-state index is 0.155. The first-order chi connectivity index (χ1) is 17.2. The molecule has 10 atom stereocenters. The fourth-order valence-electron chi connectivity index (χ4n) is 9.67. The van der Waals surface area contributed by atoms with Crippen molar-refractivity contribution in [2.75, 3.05) is 0 Å². The lowest BCUT2D eigenvalue weighted by Crippen LogP contribution is -2.37. The van der Waals surface area contributed by atoms with Gasteiger partial charge >= 0.3 is 5.97 Å². The SMILES string of the molecule is O=C(OC1CCC2CCCCC2C1)C1CCC2CC(C#CC3CCC4CCCCC4C3)CCC2C1. The standard InChI is InChI=1S/C33H50O2/c34-33(35-32-18-17-26-6-2-4-8-28(26)22-32)31-16-15-29-20-24(12-14-30(29)21-31)10-9-23-11-13-25-5-1-3-7-27(25)19-23/h23-32H,1-8,11-22H2. The average molecular weight is 479 g/mol. The van der Waals surface area contributed by atoms with E-state index in [0.29, 0.717) is 11.8 Å². The largest absolute Gasteiger partial charge is 0.462 e. The molecule has 0 bridgehead atoms. The van der Waals surface area contributed by atoms with Crippen molar-refractivity contribution in [1.29, 1.82) is 0 Å². The van der Waals surface area contributed by atoms with Crippen LogP contribution in [-0.4, -0.2) is 12.1 Å². The Morgan fingerprint density at radius 2 is 0.971 bits per heavy atom. The number of rotatable bonds is 2. The lowest BCUT2D eigenvalue weighted by Gasteiger charge is -2.42. The third-order valence-corrected chi connectivity index (χ3v) is 11.8. The zero-order valence-corrected chi connectivity index (χ0v) is 22.2. The Hall–Kier alpha value is -0.970. The summed E-state index contributed by atoms with van der Waals surface area (Å²) < 4.78 is 6.16. The molecule has 6 saturated carbocycles. The number of esters is 1. The van der Waals surface area contributed by atoms with Gasteiger partial charge in [0, 0.05) is 11.8 Å². The highest BCUT2D eigenvalue weighted by molar-refractivity contribution is 5.72. The molecule has 6 aliphatic carbocycles. The zero-order chi connectivity index (χ0) is 23.6. The Kier molecular flexibility index (Phi) is 7.79. The average Bonchev–Trinajstić information content (AvgIpc) is 2.91. The number of carbonyl (C=O) groups is 1. The van der Waals surface area contributed by atoms with E-state index >= 15 is 0 Å². The third-order valence-electron chi connectivity index (χ3n) is 11.8. The monoisotopic (exact) mass is 478 g/mol. The Labute approximate surface area is 215 Å². The molecule has 0 amide bonds. The topological polar surface area (TPSA) is 26.3 Å². The summed E-state index contributed by atoms with van der Waals surface area (Å²) in [6.07, 6.45) is 26.7. The van der Waals surface area contributed by atoms with Crippen molar-refractivity contribution >= 4 is 5.97 Å². The third kappa shape index (κ3) is 5.80. The summed E-state index contributed by atoms with van der Waals surface area (Å²) in [5.74, 6) is 14.5. The minimum atomic E-state index is 0.155. The van der Waals surface area contributed by atoms with Crippen molar-refractivity contribution < 1.29 is 9.53 Å². The van der Waals surface area contributed by atoms with Crippen LogP contribution in [0.3, 0.4) is 0 Å². The number of hydrogen-bond donors (Lipinski definition) is 0. The van der Waals surface area contributed by atoms with Gasteiger partial charge in [0.1, 0.15) is 6.10 Å². The fraction of sp³-hybridized carbons (Fsp3) is 0.909. The van der Waals surface area contributed by atoms with Gasteiger partial charge in [-0.15, -0.1) is 0 Å². The smallest absolute Gasteiger partial charge is 0.309 e. The maximum atomic E-state index is 13.1. The molecule has 0 aromatic rings. The molecule has 0 spiro atoms. The molecule has 35 heavy (non-hydrogen) atoms. The van der Waals surface area contributed by atoms with Crippen molar-refractivity contribution in [2.24, 2.45) is 53.3 Å². The molecule has 0 saturated heterocycles. The second kappa shape index (κ2) is 11.2. The van der Waals surface area contributed by atoms with E-state index < -0.39 is 0 Å². The van der Waals surface area contributed by atoms with Gasteiger partial charge in [0.2, 0.25) is 0 Å². The molecule has 6 rings (SSSR count). The summed E-state index contributed by atoms with van der Waals surface area (Å²) in [6, 6.07) is 0. The number of ether oxygens (including phenoxy) is 1. The van der Waals surface area contributed by atoms with Crippen LogP contribution >= 0.6 is 0 Å². The maximum Gasteiger partial charge on any atom is 0.309 e. The molecule has 6 fully saturated rings. The molecule has 194 valence electrons. The lowest BCUT2D eigenvalue weighted by atomic mass is 9.64. The van der Waals surface area contributed by atoms with E-state index in [2.05, 4.69) is 11.8 Å². The van der Waals surface area contributed by atoms with E-state index in [1.165, 1.54) is 103 Å². The van der Waals surface area contributed by atoms with Gasteiger partial charge in [0.25, 0.3) is 0 Å². The lowest BCUT2D eigenvalue weighted by molar-refractivity contribution is -0.160. The van der Waals surface area contributed by atoms with Gasteiger partial charge < -0.3 is 4.74 Å². The van der Waals surface area contributed by atoms with Crippen LogP contribution < -0.4 is 0 Å². The summed E-state index contributed by atoms with van der Waals surface area (Å²) >= 11 is 0. The van der Waals surface area contributed by atoms with Crippen molar-refractivity contribution in [3.05, 3.63) is 0 Å². The van der Waals surface area contributed by atoms with E-state index in [4.69, 9.17) is 4.74 Å². The van der Waals surface area contributed by atoms with Crippen LogP contribution in [-0.2, 0) is 9.53 Å². The fourth-order valence-corrected chi connectivity index (χ4v) is 9.67. The van der Waals surface area contributed by atoms with Crippen molar-refractivity contribution in [1.82, 2.24) is 0 Å².